The summed E-state index contributed by atoms with van der Waals surface area (Å²) in [5.41, 5.74) is 0. The SMILES string of the molecule is CCCCCC[C@@H](C[C@@H](C)O)OC. The van der Waals surface area contributed by atoms with Crippen LogP contribution in [-0.2, 0) is 4.74 Å². The molecule has 0 aliphatic rings. The predicted molar refractivity (Wildman–Crippen MR) is 55.9 cm³/mol. The molecule has 0 bridgehead atoms. The fourth-order valence-corrected chi connectivity index (χ4v) is 1.51. The van der Waals surface area contributed by atoms with Crippen LogP contribution in [0.5, 0.6) is 0 Å². The highest BCUT2D eigenvalue weighted by Crippen LogP contribution is 2.12. The monoisotopic (exact) mass is 188 g/mol. The number of aliphatic hydroxyl groups excluding tert-OH is 1. The summed E-state index contributed by atoms with van der Waals surface area (Å²) in [6.45, 7) is 4.03. The van der Waals surface area contributed by atoms with E-state index in [2.05, 4.69) is 6.92 Å². The largest absolute Gasteiger partial charge is 0.393 e. The van der Waals surface area contributed by atoms with Crippen molar-refractivity contribution in [1.82, 2.24) is 0 Å². The van der Waals surface area contributed by atoms with Crippen molar-refractivity contribution in [2.45, 2.75) is 64.6 Å². The molecule has 0 saturated carbocycles. The van der Waals surface area contributed by atoms with Crippen LogP contribution in [0.25, 0.3) is 0 Å². The van der Waals surface area contributed by atoms with E-state index in [1.54, 1.807) is 7.11 Å². The van der Waals surface area contributed by atoms with Crippen molar-refractivity contribution in [3.05, 3.63) is 0 Å². The van der Waals surface area contributed by atoms with E-state index in [0.29, 0.717) is 0 Å². The molecule has 0 saturated heterocycles. The van der Waals surface area contributed by atoms with E-state index >= 15 is 0 Å². The van der Waals surface area contributed by atoms with Gasteiger partial charge in [0.1, 0.15) is 0 Å². The topological polar surface area (TPSA) is 29.5 Å². The summed E-state index contributed by atoms with van der Waals surface area (Å²) in [5, 5.41) is 9.18. The summed E-state index contributed by atoms with van der Waals surface area (Å²) in [5.74, 6) is 0. The molecule has 80 valence electrons. The second kappa shape index (κ2) is 8.52. The fourth-order valence-electron chi connectivity index (χ4n) is 1.51. The zero-order chi connectivity index (χ0) is 10.1. The van der Waals surface area contributed by atoms with E-state index in [4.69, 9.17) is 4.74 Å². The summed E-state index contributed by atoms with van der Waals surface area (Å²) < 4.78 is 5.28. The molecule has 0 aromatic rings. The maximum atomic E-state index is 9.18. The molecule has 0 fully saturated rings. The molecule has 2 atom stereocenters. The lowest BCUT2D eigenvalue weighted by atomic mass is 10.0. The van der Waals surface area contributed by atoms with Crippen molar-refractivity contribution in [3.8, 4) is 0 Å². The highest BCUT2D eigenvalue weighted by atomic mass is 16.5. The molecule has 0 aliphatic heterocycles. The Bertz CT molecular complexity index is 102. The lowest BCUT2D eigenvalue weighted by molar-refractivity contribution is 0.0448. The second-order valence-corrected chi connectivity index (χ2v) is 3.79. The third kappa shape index (κ3) is 8.26. The van der Waals surface area contributed by atoms with Gasteiger partial charge in [-0.25, -0.2) is 0 Å². The quantitative estimate of drug-likeness (QED) is 0.593. The first-order valence-electron chi connectivity index (χ1n) is 5.41. The van der Waals surface area contributed by atoms with Crippen molar-refractivity contribution in [3.63, 3.8) is 0 Å². The Hall–Kier alpha value is -0.0800. The van der Waals surface area contributed by atoms with Gasteiger partial charge in [-0.3, -0.25) is 0 Å². The van der Waals surface area contributed by atoms with Gasteiger partial charge in [0.2, 0.25) is 0 Å². The molecule has 0 aromatic carbocycles. The first-order chi connectivity index (χ1) is 6.20. The molecule has 0 heterocycles. The summed E-state index contributed by atoms with van der Waals surface area (Å²) in [6, 6.07) is 0. The molecular weight excluding hydrogens is 164 g/mol. The first kappa shape index (κ1) is 12.9. The number of unbranched alkanes of at least 4 members (excludes halogenated alkanes) is 3. The Labute approximate surface area is 82.3 Å². The summed E-state index contributed by atoms with van der Waals surface area (Å²) in [4.78, 5) is 0. The van der Waals surface area contributed by atoms with Gasteiger partial charge in [0.05, 0.1) is 12.2 Å². The molecule has 0 aromatic heterocycles. The second-order valence-electron chi connectivity index (χ2n) is 3.79. The molecule has 0 spiro atoms. The molecule has 0 unspecified atom stereocenters. The lowest BCUT2D eigenvalue weighted by Crippen LogP contribution is -2.17. The minimum Gasteiger partial charge on any atom is -0.393 e. The van der Waals surface area contributed by atoms with Crippen LogP contribution in [-0.4, -0.2) is 24.4 Å². The first-order valence-corrected chi connectivity index (χ1v) is 5.41. The van der Waals surface area contributed by atoms with Crippen molar-refractivity contribution in [2.24, 2.45) is 0 Å². The molecule has 0 amide bonds. The Morgan fingerprint density at radius 1 is 1.23 bits per heavy atom. The molecule has 0 aliphatic carbocycles. The minimum atomic E-state index is -0.240. The molecule has 2 heteroatoms. The maximum absolute atomic E-state index is 9.18. The summed E-state index contributed by atoms with van der Waals surface area (Å²) in [6.07, 6.45) is 6.95. The Balaban J connectivity index is 3.36. The Kier molecular flexibility index (Phi) is 8.46. The van der Waals surface area contributed by atoms with Crippen LogP contribution in [0.3, 0.4) is 0 Å². The van der Waals surface area contributed by atoms with Gasteiger partial charge in [0, 0.05) is 7.11 Å². The number of ether oxygens (including phenoxy) is 1. The number of hydrogen-bond acceptors (Lipinski definition) is 2. The summed E-state index contributed by atoms with van der Waals surface area (Å²) >= 11 is 0. The molecule has 0 rings (SSSR count). The maximum Gasteiger partial charge on any atom is 0.0595 e. The standard InChI is InChI=1S/C11H24O2/c1-4-5-6-7-8-11(13-3)9-10(2)12/h10-12H,4-9H2,1-3H3/t10-,11+/m1/s1. The smallest absolute Gasteiger partial charge is 0.0595 e. The number of methoxy groups -OCH3 is 1. The van der Waals surface area contributed by atoms with Crippen LogP contribution in [0.1, 0.15) is 52.4 Å². The van der Waals surface area contributed by atoms with Gasteiger partial charge >= 0.3 is 0 Å². The highest BCUT2D eigenvalue weighted by molar-refractivity contribution is 4.61. The van der Waals surface area contributed by atoms with E-state index < -0.39 is 0 Å². The Morgan fingerprint density at radius 3 is 2.38 bits per heavy atom. The zero-order valence-corrected chi connectivity index (χ0v) is 9.25. The van der Waals surface area contributed by atoms with E-state index in [1.165, 1.54) is 25.7 Å². The molecule has 2 nitrogen and oxygen atoms in total. The zero-order valence-electron chi connectivity index (χ0n) is 9.25. The Morgan fingerprint density at radius 2 is 1.92 bits per heavy atom. The van der Waals surface area contributed by atoms with Crippen LogP contribution in [0.4, 0.5) is 0 Å². The number of aliphatic hydroxyl groups is 1. The van der Waals surface area contributed by atoms with Crippen LogP contribution in [0, 0.1) is 0 Å². The molecule has 1 N–H and O–H groups in total. The van der Waals surface area contributed by atoms with Crippen molar-refractivity contribution >= 4 is 0 Å². The van der Waals surface area contributed by atoms with E-state index in [1.807, 2.05) is 6.92 Å². The van der Waals surface area contributed by atoms with Crippen LogP contribution >= 0.6 is 0 Å². The van der Waals surface area contributed by atoms with Crippen LogP contribution in [0.2, 0.25) is 0 Å². The molecule has 0 radical (unpaired) electrons. The average Bonchev–Trinajstić information content (AvgIpc) is 2.09. The average molecular weight is 188 g/mol. The molecule has 13 heavy (non-hydrogen) atoms. The highest BCUT2D eigenvalue weighted by Gasteiger charge is 2.09. The van der Waals surface area contributed by atoms with Gasteiger partial charge in [-0.05, 0) is 19.8 Å². The normalized spacial score (nSPS) is 15.7. The third-order valence-electron chi connectivity index (χ3n) is 2.32. The fraction of sp³-hybridized carbons (Fsp3) is 1.00. The number of hydrogen-bond donors (Lipinski definition) is 1. The van der Waals surface area contributed by atoms with Crippen molar-refractivity contribution in [1.29, 1.82) is 0 Å². The van der Waals surface area contributed by atoms with Gasteiger partial charge in [-0.2, -0.15) is 0 Å². The number of rotatable bonds is 8. The van der Waals surface area contributed by atoms with Gasteiger partial charge in [-0.15, -0.1) is 0 Å². The minimum absolute atomic E-state index is 0.240. The molecular formula is C11H24O2. The van der Waals surface area contributed by atoms with Gasteiger partial charge in [-0.1, -0.05) is 32.6 Å². The van der Waals surface area contributed by atoms with Crippen molar-refractivity contribution in [2.75, 3.05) is 7.11 Å². The van der Waals surface area contributed by atoms with E-state index in [-0.39, 0.29) is 12.2 Å². The van der Waals surface area contributed by atoms with Crippen LogP contribution in [0.15, 0.2) is 0 Å². The third-order valence-corrected chi connectivity index (χ3v) is 2.32. The van der Waals surface area contributed by atoms with Crippen molar-refractivity contribution < 1.29 is 9.84 Å². The lowest BCUT2D eigenvalue weighted by Gasteiger charge is -2.16. The van der Waals surface area contributed by atoms with Gasteiger partial charge in [0.15, 0.2) is 0 Å². The summed E-state index contributed by atoms with van der Waals surface area (Å²) in [7, 11) is 1.73. The van der Waals surface area contributed by atoms with E-state index in [9.17, 15) is 5.11 Å². The van der Waals surface area contributed by atoms with Gasteiger partial charge in [0.25, 0.3) is 0 Å². The predicted octanol–water partition coefficient (Wildman–Crippen LogP) is 2.74. The van der Waals surface area contributed by atoms with E-state index in [0.717, 1.165) is 12.8 Å². The van der Waals surface area contributed by atoms with Gasteiger partial charge < -0.3 is 9.84 Å². The van der Waals surface area contributed by atoms with Crippen LogP contribution < -0.4 is 0 Å².